The Hall–Kier alpha value is -6.64. The number of hydrogen-bond donors (Lipinski definition) is 1. The van der Waals surface area contributed by atoms with Crippen LogP contribution in [0.4, 0.5) is 43.9 Å². The van der Waals surface area contributed by atoms with Crippen molar-refractivity contribution in [2.45, 2.75) is 247 Å². The number of β-amino-alcohol motifs (C(OH)–C–C–N with tert-alkyl or cyclic N) is 1. The molecular weight excluding hydrogens is 1760 g/mol. The van der Waals surface area contributed by atoms with E-state index in [4.69, 9.17) is 5.11 Å². The second-order valence-corrected chi connectivity index (χ2v) is 57.2. The second kappa shape index (κ2) is 46.9. The van der Waals surface area contributed by atoms with Gasteiger partial charge in [0, 0.05) is 186 Å². The van der Waals surface area contributed by atoms with Gasteiger partial charge in [0.15, 0.2) is 0 Å². The fourth-order valence-electron chi connectivity index (χ4n) is 16.0. The van der Waals surface area contributed by atoms with Crippen molar-refractivity contribution in [3.05, 3.63) is 236 Å². The summed E-state index contributed by atoms with van der Waals surface area (Å²) in [6.45, 7) is 69.4. The van der Waals surface area contributed by atoms with Crippen molar-refractivity contribution in [2.24, 2.45) is 0 Å². The number of rotatable bonds is 20. The Labute approximate surface area is 793 Å². The van der Waals surface area contributed by atoms with Crippen LogP contribution in [0.15, 0.2) is 147 Å². The van der Waals surface area contributed by atoms with E-state index in [0.717, 1.165) is 145 Å². The number of likely N-dealkylation sites (tertiary alicyclic amines) is 1. The van der Waals surface area contributed by atoms with E-state index in [0.29, 0.717) is 67.2 Å². The first-order valence-corrected chi connectivity index (χ1v) is 55.9. The number of aliphatic hydroxyl groups is 1. The maximum atomic E-state index is 13.6. The average molecular weight is 1920 g/mol. The van der Waals surface area contributed by atoms with Gasteiger partial charge in [0.25, 0.3) is 0 Å². The summed E-state index contributed by atoms with van der Waals surface area (Å²) < 4.78 is 163. The Morgan fingerprint density at radius 1 is 0.406 bits per heavy atom. The van der Waals surface area contributed by atoms with Crippen molar-refractivity contribution >= 4 is 32.8 Å². The zero-order valence-corrected chi connectivity index (χ0v) is 88.2. The lowest BCUT2D eigenvalue weighted by Gasteiger charge is -2.35. The van der Waals surface area contributed by atoms with E-state index in [-0.39, 0.29) is 44.9 Å². The van der Waals surface area contributed by atoms with Crippen LogP contribution in [0.3, 0.4) is 0 Å². The Bertz CT molecular complexity index is 4970. The van der Waals surface area contributed by atoms with E-state index >= 15 is 0 Å². The molecule has 0 unspecified atom stereocenters. The summed E-state index contributed by atoms with van der Waals surface area (Å²) in [7, 11) is 0.725. The molecule has 0 spiro atoms. The Balaban J connectivity index is 0.000000219. The molecule has 6 aromatic carbocycles. The molecule has 8 aromatic rings. The third-order valence-electron chi connectivity index (χ3n) is 25.1. The number of halogens is 10. The molecule has 0 radical (unpaired) electrons. The molecular formula is C105H160F10N12O3P2Si. The van der Waals surface area contributed by atoms with Gasteiger partial charge in [-0.3, -0.25) is 24.5 Å². The number of piperazine rings is 3. The Kier molecular flexibility index (Phi) is 40.0. The molecule has 742 valence electrons. The SMILES string of the molecule is CC(C)(C)c1cc(Cn2ccnc2)cc([Si](C)(C)C)c1.CC(C)(C)c1cc(F)cc(Cn2ccnc2)c1.CC(C)(C)c1ccc(CN2CCN(CCO)CC2)c(C(F)(F)F)c1.CC(C)(C)c1ccc(CN2CCN(CCP(C)(C)=O)CC2)c(C(F)(F)F)c1.CN(C)[C@H]1CCN(Cc2cc(C(C)(C)C)cc(C(F)(F)F)c2)C1.CN1CCN(Cc2cc(C(C)(C)C)cc(P(C)(C)=O)c2)CC1. The molecule has 4 fully saturated rings. The molecule has 0 saturated carbocycles. The molecule has 6 heterocycles. The maximum absolute atomic E-state index is 13.6. The first-order valence-electron chi connectivity index (χ1n) is 47.0. The highest BCUT2D eigenvalue weighted by molar-refractivity contribution is 7.70. The van der Waals surface area contributed by atoms with Gasteiger partial charge >= 0.3 is 18.5 Å². The summed E-state index contributed by atoms with van der Waals surface area (Å²) in [5.74, 6) is -0.174. The minimum Gasteiger partial charge on any atom is -0.395 e. The van der Waals surface area contributed by atoms with Gasteiger partial charge in [-0.25, -0.2) is 14.4 Å². The normalized spacial score (nSPS) is 17.0. The lowest BCUT2D eigenvalue weighted by molar-refractivity contribution is -0.139. The average Bonchev–Trinajstić information content (AvgIpc) is 1.12. The zero-order valence-electron chi connectivity index (χ0n) is 85.4. The summed E-state index contributed by atoms with van der Waals surface area (Å²) in [4.78, 5) is 25.9. The molecule has 28 heteroatoms. The lowest BCUT2D eigenvalue weighted by Crippen LogP contribution is -2.46. The van der Waals surface area contributed by atoms with Crippen LogP contribution < -0.4 is 10.5 Å². The maximum Gasteiger partial charge on any atom is 0.416 e. The molecule has 0 bridgehead atoms. The highest BCUT2D eigenvalue weighted by Gasteiger charge is 2.39. The van der Waals surface area contributed by atoms with Crippen molar-refractivity contribution in [1.82, 2.24) is 58.3 Å². The lowest BCUT2D eigenvalue weighted by atomic mass is 9.85. The van der Waals surface area contributed by atoms with Crippen LogP contribution in [0.5, 0.6) is 0 Å². The molecule has 4 saturated heterocycles. The second-order valence-electron chi connectivity index (χ2n) is 45.4. The van der Waals surface area contributed by atoms with E-state index in [1.165, 1.54) is 46.5 Å². The Morgan fingerprint density at radius 3 is 1.15 bits per heavy atom. The van der Waals surface area contributed by atoms with E-state index in [2.05, 4.69) is 199 Å². The molecule has 1 N–H and O–H groups in total. The zero-order chi connectivity index (χ0) is 99.8. The number of imidazole rings is 2. The fraction of sp³-hybridized carbons (Fsp3) is 0.600. The number of aromatic nitrogens is 4. The van der Waals surface area contributed by atoms with Crippen molar-refractivity contribution in [3.63, 3.8) is 0 Å². The molecule has 4 aliphatic heterocycles. The van der Waals surface area contributed by atoms with Gasteiger partial charge in [-0.15, -0.1) is 0 Å². The predicted molar refractivity (Wildman–Crippen MR) is 536 cm³/mol. The molecule has 12 rings (SSSR count). The van der Waals surface area contributed by atoms with Crippen LogP contribution in [0.2, 0.25) is 19.6 Å². The first kappa shape index (κ1) is 113. The third kappa shape index (κ3) is 38.2. The largest absolute Gasteiger partial charge is 0.416 e. The van der Waals surface area contributed by atoms with E-state index < -0.39 is 57.6 Å². The number of nitrogens with zero attached hydrogens (tertiary/aromatic N) is 12. The number of aliphatic hydroxyl groups excluding tert-OH is 1. The van der Waals surface area contributed by atoms with Crippen molar-refractivity contribution in [2.75, 3.05) is 165 Å². The van der Waals surface area contributed by atoms with E-state index in [1.807, 2.05) is 123 Å². The molecule has 2 aromatic heterocycles. The van der Waals surface area contributed by atoms with Gasteiger partial charge < -0.3 is 38.1 Å². The van der Waals surface area contributed by atoms with Crippen LogP contribution in [0, 0.1) is 5.82 Å². The highest BCUT2D eigenvalue weighted by atomic mass is 31.2. The summed E-state index contributed by atoms with van der Waals surface area (Å²) in [5, 5.41) is 11.5. The Morgan fingerprint density at radius 2 is 0.774 bits per heavy atom. The quantitative estimate of drug-likeness (QED) is 0.0444. The first-order chi connectivity index (χ1) is 61.0. The number of benzene rings is 6. The van der Waals surface area contributed by atoms with Crippen molar-refractivity contribution in [3.8, 4) is 0 Å². The summed E-state index contributed by atoms with van der Waals surface area (Å²) in [5.41, 5.74) is 8.72. The van der Waals surface area contributed by atoms with E-state index in [1.54, 1.807) is 55.3 Å². The smallest absolute Gasteiger partial charge is 0.395 e. The number of likely N-dealkylation sites (N-methyl/N-ethyl adjacent to an activating group) is 2. The molecule has 4 aliphatic rings. The van der Waals surface area contributed by atoms with Crippen LogP contribution in [0.1, 0.15) is 214 Å². The fourth-order valence-corrected chi connectivity index (χ4v) is 18.9. The van der Waals surface area contributed by atoms with Gasteiger partial charge in [-0.2, -0.15) is 39.5 Å². The summed E-state index contributed by atoms with van der Waals surface area (Å²) in [6.07, 6.45) is -0.127. The standard InChI is InChI=1S/C20H32F3N2OP.C18H27F3N2O.C18H27F3N2.C18H31N2OP.C17H26N2Si.C14H17FN2/c1-19(2,3)17-7-6-16(18(14-17)20(21,22)23)15-25-10-8-24(9-11-25)12-13-27(4,5)26;1-17(2,3)15-5-4-14(16(12-15)18(19,20)21)13-23-8-6-22(7-9-23)10-11-24;1-17(2,3)14-8-13(9-15(10-14)18(19,20)21)11-23-7-6-16(12-23)22(4)5;1-18(2,3)16-11-15(12-17(13-16)22(5,6)21)14-20-9-7-19(4)8-10-20;1-17(2,3)15-9-14(12-19-8-7-18-13-19)10-16(11-15)20(4,5)6;1-14(2,3)12-6-11(7-13(15)8-12)9-17-5-4-16-10-17/h6-7,14H,8-13,15H2,1-5H3;4-5,12,24H,6-11,13H2,1-3H3;8-10,16H,6-7,11-12H2,1-5H3;11-13H,7-10,14H2,1-6H3;7-11,13H,12H2,1-6H3;4-8,10H,9H2,1-3H3/t;;16-;;;/m..0.../s1. The van der Waals surface area contributed by atoms with Crippen LogP contribution in [0.25, 0.3) is 0 Å². The van der Waals surface area contributed by atoms with Gasteiger partial charge in [-0.1, -0.05) is 210 Å². The minimum absolute atomic E-state index is 0.0359. The molecule has 1 atom stereocenters. The van der Waals surface area contributed by atoms with Crippen LogP contribution >= 0.6 is 14.3 Å². The van der Waals surface area contributed by atoms with Gasteiger partial charge in [-0.05, 0) is 202 Å². The van der Waals surface area contributed by atoms with Crippen LogP contribution in [-0.4, -0.2) is 243 Å². The van der Waals surface area contributed by atoms with Crippen LogP contribution in [-0.2, 0) is 99.4 Å². The molecule has 15 nitrogen and oxygen atoms in total. The minimum atomic E-state index is -4.35. The summed E-state index contributed by atoms with van der Waals surface area (Å²) in [6, 6.07) is 33.5. The van der Waals surface area contributed by atoms with Crippen molar-refractivity contribution < 1.29 is 58.1 Å². The molecule has 133 heavy (non-hydrogen) atoms. The third-order valence-corrected chi connectivity index (χ3v) is 29.9. The molecule has 0 amide bonds. The van der Waals surface area contributed by atoms with E-state index in [9.17, 15) is 53.0 Å². The topological polar surface area (TPSA) is 116 Å². The number of hydrogen-bond acceptors (Lipinski definition) is 13. The molecule has 0 aliphatic carbocycles. The highest BCUT2D eigenvalue weighted by Crippen LogP contribution is 2.42. The predicted octanol–water partition coefficient (Wildman–Crippen LogP) is 22.1. The van der Waals surface area contributed by atoms with Crippen molar-refractivity contribution in [1.29, 1.82) is 0 Å². The summed E-state index contributed by atoms with van der Waals surface area (Å²) >= 11 is 0. The van der Waals surface area contributed by atoms with Gasteiger partial charge in [0.2, 0.25) is 0 Å². The monoisotopic (exact) mass is 1920 g/mol. The van der Waals surface area contributed by atoms with Gasteiger partial charge in [0.1, 0.15) is 13.0 Å². The number of alkyl halides is 9. The van der Waals surface area contributed by atoms with Gasteiger partial charge in [0.05, 0.1) is 51.2 Å².